The summed E-state index contributed by atoms with van der Waals surface area (Å²) in [4.78, 5) is 26.9. The normalized spacial score (nSPS) is 15.6. The number of aryl methyl sites for hydroxylation is 1. The molecular formula is C24H30N2O3. The number of amides is 2. The van der Waals surface area contributed by atoms with E-state index in [2.05, 4.69) is 18.3 Å². The first-order valence-corrected chi connectivity index (χ1v) is 10.2. The number of benzene rings is 2. The van der Waals surface area contributed by atoms with Gasteiger partial charge in [0.1, 0.15) is 5.75 Å². The fraction of sp³-hybridized carbons (Fsp3) is 0.417. The van der Waals surface area contributed by atoms with Crippen molar-refractivity contribution in [2.24, 2.45) is 0 Å². The molecule has 154 valence electrons. The van der Waals surface area contributed by atoms with E-state index >= 15 is 0 Å². The fourth-order valence-electron chi connectivity index (χ4n) is 4.19. The number of rotatable bonds is 6. The summed E-state index contributed by atoms with van der Waals surface area (Å²) >= 11 is 0. The Kier molecular flexibility index (Phi) is 6.57. The molecular weight excluding hydrogens is 364 g/mol. The van der Waals surface area contributed by atoms with E-state index in [4.69, 9.17) is 4.74 Å². The maximum Gasteiger partial charge on any atom is 0.230 e. The van der Waals surface area contributed by atoms with Crippen LogP contribution in [0.1, 0.15) is 36.5 Å². The number of methoxy groups -OCH3 is 1. The van der Waals surface area contributed by atoms with Crippen LogP contribution in [0.25, 0.3) is 0 Å². The van der Waals surface area contributed by atoms with Crippen LogP contribution in [0.15, 0.2) is 48.5 Å². The molecule has 1 aliphatic heterocycles. The number of piperidine rings is 1. The lowest BCUT2D eigenvalue weighted by molar-refractivity contribution is -0.135. The first-order chi connectivity index (χ1) is 14.0. The molecule has 2 aromatic rings. The number of nitrogens with zero attached hydrogens (tertiary/aromatic N) is 1. The van der Waals surface area contributed by atoms with Crippen molar-refractivity contribution in [2.75, 3.05) is 26.7 Å². The third kappa shape index (κ3) is 4.61. The molecule has 5 nitrogen and oxygen atoms in total. The summed E-state index contributed by atoms with van der Waals surface area (Å²) < 4.78 is 5.45. The Bertz CT molecular complexity index is 856. The molecule has 0 aliphatic carbocycles. The van der Waals surface area contributed by atoms with Crippen LogP contribution in [0, 0.1) is 6.92 Å². The number of carbonyl (C=O) groups is 2. The van der Waals surface area contributed by atoms with Crippen LogP contribution >= 0.6 is 0 Å². The van der Waals surface area contributed by atoms with Gasteiger partial charge in [-0.05, 0) is 43.4 Å². The van der Waals surface area contributed by atoms with Crippen molar-refractivity contribution in [1.29, 1.82) is 0 Å². The lowest BCUT2D eigenvalue weighted by Gasteiger charge is -2.40. The molecule has 0 aromatic heterocycles. The molecule has 5 heteroatoms. The molecule has 1 fully saturated rings. The molecule has 1 heterocycles. The third-order valence-corrected chi connectivity index (χ3v) is 5.94. The van der Waals surface area contributed by atoms with E-state index in [0.717, 1.165) is 16.9 Å². The van der Waals surface area contributed by atoms with E-state index in [9.17, 15) is 9.59 Å². The Hall–Kier alpha value is -2.82. The summed E-state index contributed by atoms with van der Waals surface area (Å²) in [6.07, 6.45) is 1.98. The second-order valence-electron chi connectivity index (χ2n) is 7.78. The lowest BCUT2D eigenvalue weighted by Crippen LogP contribution is -2.52. The van der Waals surface area contributed by atoms with Gasteiger partial charge in [-0.15, -0.1) is 0 Å². The van der Waals surface area contributed by atoms with Crippen molar-refractivity contribution < 1.29 is 14.3 Å². The van der Waals surface area contributed by atoms with Gasteiger partial charge in [-0.25, -0.2) is 0 Å². The Balaban J connectivity index is 1.73. The van der Waals surface area contributed by atoms with E-state index in [1.807, 2.05) is 47.4 Å². The molecule has 3 rings (SSSR count). The molecule has 2 aromatic carbocycles. The van der Waals surface area contributed by atoms with Crippen LogP contribution in [-0.2, 0) is 21.4 Å². The molecule has 2 amide bonds. The van der Waals surface area contributed by atoms with Crippen molar-refractivity contribution in [3.05, 3.63) is 65.2 Å². The van der Waals surface area contributed by atoms with Gasteiger partial charge in [0.25, 0.3) is 0 Å². The summed E-state index contributed by atoms with van der Waals surface area (Å²) in [7, 11) is 1.67. The molecule has 0 radical (unpaired) electrons. The molecule has 29 heavy (non-hydrogen) atoms. The van der Waals surface area contributed by atoms with Crippen LogP contribution in [0.2, 0.25) is 0 Å². The van der Waals surface area contributed by atoms with Crippen molar-refractivity contribution >= 4 is 11.8 Å². The third-order valence-electron chi connectivity index (χ3n) is 5.94. The Morgan fingerprint density at radius 1 is 1.10 bits per heavy atom. The summed E-state index contributed by atoms with van der Waals surface area (Å²) in [6, 6.07) is 16.0. The average Bonchev–Trinajstić information content (AvgIpc) is 2.74. The van der Waals surface area contributed by atoms with Crippen LogP contribution in [0.4, 0.5) is 0 Å². The van der Waals surface area contributed by atoms with Crippen LogP contribution < -0.4 is 10.1 Å². The number of hydrogen-bond acceptors (Lipinski definition) is 3. The Labute approximate surface area is 173 Å². The zero-order valence-corrected chi connectivity index (χ0v) is 17.5. The van der Waals surface area contributed by atoms with Crippen molar-refractivity contribution in [3.8, 4) is 5.75 Å². The highest BCUT2D eigenvalue weighted by molar-refractivity contribution is 5.88. The van der Waals surface area contributed by atoms with Crippen LogP contribution in [-0.4, -0.2) is 43.5 Å². The number of nitrogens with one attached hydrogen (secondary N) is 1. The van der Waals surface area contributed by atoms with E-state index < -0.39 is 5.41 Å². The highest BCUT2D eigenvalue weighted by atomic mass is 16.5. The number of carbonyl (C=O) groups excluding carboxylic acids is 2. The fourth-order valence-corrected chi connectivity index (χ4v) is 4.19. The molecule has 1 aliphatic rings. The number of ether oxygens (including phenoxy) is 1. The van der Waals surface area contributed by atoms with Gasteiger partial charge in [0.2, 0.25) is 11.8 Å². The second-order valence-corrected chi connectivity index (χ2v) is 7.78. The van der Waals surface area contributed by atoms with Crippen molar-refractivity contribution in [2.45, 2.75) is 38.5 Å². The SMILES string of the molecule is COc1ccc(C)cc1CCNC(=O)C1(c2ccccc2)CCN(C(C)=O)CC1. The van der Waals surface area contributed by atoms with Crippen molar-refractivity contribution in [3.63, 3.8) is 0 Å². The first kappa shape index (κ1) is 20.9. The largest absolute Gasteiger partial charge is 0.496 e. The molecule has 1 saturated heterocycles. The zero-order chi connectivity index (χ0) is 20.9. The molecule has 0 saturated carbocycles. The van der Waals surface area contributed by atoms with Gasteiger partial charge in [-0.3, -0.25) is 9.59 Å². The highest BCUT2D eigenvalue weighted by Crippen LogP contribution is 2.36. The minimum Gasteiger partial charge on any atom is -0.496 e. The van der Waals surface area contributed by atoms with Gasteiger partial charge in [0.15, 0.2) is 0 Å². The van der Waals surface area contributed by atoms with E-state index in [0.29, 0.717) is 38.9 Å². The first-order valence-electron chi connectivity index (χ1n) is 10.2. The van der Waals surface area contributed by atoms with E-state index in [-0.39, 0.29) is 11.8 Å². The Morgan fingerprint density at radius 3 is 2.41 bits per heavy atom. The van der Waals surface area contributed by atoms with Gasteiger partial charge in [-0.2, -0.15) is 0 Å². The van der Waals surface area contributed by atoms with Crippen LogP contribution in [0.3, 0.4) is 0 Å². The predicted octanol–water partition coefficient (Wildman–Crippen LogP) is 3.24. The monoisotopic (exact) mass is 394 g/mol. The maximum absolute atomic E-state index is 13.4. The summed E-state index contributed by atoms with van der Waals surface area (Å²) in [5.74, 6) is 0.953. The number of likely N-dealkylation sites (tertiary alicyclic amines) is 1. The topological polar surface area (TPSA) is 58.6 Å². The minimum atomic E-state index is -0.593. The predicted molar refractivity (Wildman–Crippen MR) is 114 cm³/mol. The quantitative estimate of drug-likeness (QED) is 0.818. The Morgan fingerprint density at radius 2 is 1.79 bits per heavy atom. The summed E-state index contributed by atoms with van der Waals surface area (Å²) in [5.41, 5.74) is 2.69. The van der Waals surface area contributed by atoms with Gasteiger partial charge >= 0.3 is 0 Å². The lowest BCUT2D eigenvalue weighted by atomic mass is 9.72. The molecule has 0 unspecified atom stereocenters. The smallest absolute Gasteiger partial charge is 0.230 e. The summed E-state index contributed by atoms with van der Waals surface area (Å²) in [5, 5.41) is 3.16. The van der Waals surface area contributed by atoms with Crippen molar-refractivity contribution in [1.82, 2.24) is 10.2 Å². The van der Waals surface area contributed by atoms with Gasteiger partial charge in [0, 0.05) is 26.6 Å². The van der Waals surface area contributed by atoms with E-state index in [1.165, 1.54) is 5.56 Å². The maximum atomic E-state index is 13.4. The molecule has 0 spiro atoms. The van der Waals surface area contributed by atoms with Crippen LogP contribution in [0.5, 0.6) is 5.75 Å². The van der Waals surface area contributed by atoms with Gasteiger partial charge in [-0.1, -0.05) is 48.0 Å². The highest BCUT2D eigenvalue weighted by Gasteiger charge is 2.43. The van der Waals surface area contributed by atoms with Gasteiger partial charge in [0.05, 0.1) is 12.5 Å². The van der Waals surface area contributed by atoms with E-state index in [1.54, 1.807) is 14.0 Å². The molecule has 0 atom stereocenters. The zero-order valence-electron chi connectivity index (χ0n) is 17.5. The van der Waals surface area contributed by atoms with Gasteiger partial charge < -0.3 is 15.0 Å². The number of hydrogen-bond donors (Lipinski definition) is 1. The molecule has 0 bridgehead atoms. The second kappa shape index (κ2) is 9.12. The standard InChI is InChI=1S/C24H30N2O3/c1-18-9-10-22(29-3)20(17-18)11-14-25-23(28)24(21-7-5-4-6-8-21)12-15-26(16-13-24)19(2)27/h4-10,17H,11-16H2,1-3H3,(H,25,28). The molecule has 1 N–H and O–H groups in total. The average molecular weight is 395 g/mol. The minimum absolute atomic E-state index is 0.0403. The summed E-state index contributed by atoms with van der Waals surface area (Å²) in [6.45, 7) is 5.38.